The van der Waals surface area contributed by atoms with Crippen LogP contribution >= 0.6 is 0 Å². The summed E-state index contributed by atoms with van der Waals surface area (Å²) in [5.41, 5.74) is -0.537. The van der Waals surface area contributed by atoms with E-state index in [0.717, 1.165) is 0 Å². The molecular formula is C16H23N3O5S. The molecule has 8 nitrogen and oxygen atoms in total. The van der Waals surface area contributed by atoms with Gasteiger partial charge in [0.1, 0.15) is 11.4 Å². The van der Waals surface area contributed by atoms with E-state index in [1.54, 1.807) is 37.8 Å². The lowest BCUT2D eigenvalue weighted by Gasteiger charge is -2.37. The highest BCUT2D eigenvalue weighted by molar-refractivity contribution is 7.89. The summed E-state index contributed by atoms with van der Waals surface area (Å²) in [5.74, 6) is 0.560. The lowest BCUT2D eigenvalue weighted by Crippen LogP contribution is -2.52. The third-order valence-corrected chi connectivity index (χ3v) is 4.63. The molecule has 0 radical (unpaired) electrons. The first kappa shape index (κ1) is 19.0. The van der Waals surface area contributed by atoms with Gasteiger partial charge in [-0.2, -0.15) is 13.5 Å². The number of ether oxygens (including phenoxy) is 2. The Morgan fingerprint density at radius 1 is 1.28 bits per heavy atom. The number of nitrogens with one attached hydrogen (secondary N) is 1. The summed E-state index contributed by atoms with van der Waals surface area (Å²) < 4.78 is 34.4. The molecule has 2 rings (SSSR count). The summed E-state index contributed by atoms with van der Waals surface area (Å²) in [6.45, 7) is 6.30. The normalized spacial score (nSPS) is 15.8. The Bertz CT molecular complexity index is 732. The van der Waals surface area contributed by atoms with Crippen molar-refractivity contribution in [3.63, 3.8) is 0 Å². The number of rotatable bonds is 5. The van der Waals surface area contributed by atoms with E-state index in [0.29, 0.717) is 18.8 Å². The molecule has 25 heavy (non-hydrogen) atoms. The molecule has 0 atom stereocenters. The predicted molar refractivity (Wildman–Crippen MR) is 93.1 cm³/mol. The molecule has 1 amide bonds. The van der Waals surface area contributed by atoms with Crippen LogP contribution in [-0.2, 0) is 14.8 Å². The molecule has 1 fully saturated rings. The van der Waals surface area contributed by atoms with Crippen molar-refractivity contribution in [2.75, 3.05) is 20.2 Å². The van der Waals surface area contributed by atoms with Crippen LogP contribution in [0.1, 0.15) is 20.8 Å². The Labute approximate surface area is 147 Å². The van der Waals surface area contributed by atoms with Gasteiger partial charge in [-0.05, 0) is 45.0 Å². The number of benzene rings is 1. The van der Waals surface area contributed by atoms with Crippen LogP contribution in [0.5, 0.6) is 5.75 Å². The lowest BCUT2D eigenvalue weighted by atomic mass is 10.0. The Kier molecular flexibility index (Phi) is 5.56. The molecule has 1 heterocycles. The van der Waals surface area contributed by atoms with E-state index >= 15 is 0 Å². The van der Waals surface area contributed by atoms with Crippen LogP contribution in [0.3, 0.4) is 0 Å². The van der Waals surface area contributed by atoms with Crippen molar-refractivity contribution in [1.29, 1.82) is 0 Å². The Balaban J connectivity index is 1.82. The first-order valence-corrected chi connectivity index (χ1v) is 9.26. The number of likely N-dealkylation sites (tertiary alicyclic amines) is 1. The zero-order valence-electron chi connectivity index (χ0n) is 14.7. The molecule has 0 aromatic heterocycles. The molecule has 0 saturated carbocycles. The molecule has 0 aliphatic carbocycles. The smallest absolute Gasteiger partial charge is 0.410 e. The predicted octanol–water partition coefficient (Wildman–Crippen LogP) is 1.83. The molecule has 1 N–H and O–H groups in total. The first-order valence-electron chi connectivity index (χ1n) is 7.78. The summed E-state index contributed by atoms with van der Waals surface area (Å²) in [5, 5.41) is 3.78. The minimum atomic E-state index is -3.73. The van der Waals surface area contributed by atoms with Crippen molar-refractivity contribution in [3.8, 4) is 5.75 Å². The van der Waals surface area contributed by atoms with Gasteiger partial charge in [0, 0.05) is 25.2 Å². The van der Waals surface area contributed by atoms with Crippen LogP contribution in [0.4, 0.5) is 4.79 Å². The fourth-order valence-electron chi connectivity index (χ4n) is 2.10. The van der Waals surface area contributed by atoms with Crippen molar-refractivity contribution in [3.05, 3.63) is 24.3 Å². The van der Waals surface area contributed by atoms with Crippen LogP contribution in [0.25, 0.3) is 0 Å². The zero-order valence-corrected chi connectivity index (χ0v) is 15.5. The maximum Gasteiger partial charge on any atom is 0.410 e. The van der Waals surface area contributed by atoms with E-state index in [1.807, 2.05) is 0 Å². The fourth-order valence-corrected chi connectivity index (χ4v) is 2.89. The number of hydrazone groups is 1. The van der Waals surface area contributed by atoms with E-state index in [-0.39, 0.29) is 16.9 Å². The molecule has 9 heteroatoms. The SMILES string of the molecule is COc1ccc(S(=O)(=O)N/N=C/C2CN(C(=O)OC(C)(C)C)C2)cc1. The Morgan fingerprint density at radius 3 is 2.40 bits per heavy atom. The van der Waals surface area contributed by atoms with Gasteiger partial charge in [0.15, 0.2) is 0 Å². The highest BCUT2D eigenvalue weighted by Crippen LogP contribution is 2.18. The third-order valence-electron chi connectivity index (χ3n) is 3.39. The average Bonchev–Trinajstić information content (AvgIpc) is 2.47. The number of carbonyl (C=O) groups is 1. The van der Waals surface area contributed by atoms with Gasteiger partial charge in [0.2, 0.25) is 0 Å². The van der Waals surface area contributed by atoms with Crippen LogP contribution < -0.4 is 9.57 Å². The first-order chi connectivity index (χ1) is 11.6. The molecule has 138 valence electrons. The number of amides is 1. The van der Waals surface area contributed by atoms with E-state index in [9.17, 15) is 13.2 Å². The molecule has 0 bridgehead atoms. The highest BCUT2D eigenvalue weighted by Gasteiger charge is 2.32. The quantitative estimate of drug-likeness (QED) is 0.631. The molecule has 1 aromatic rings. The van der Waals surface area contributed by atoms with Crippen molar-refractivity contribution in [2.45, 2.75) is 31.3 Å². The second-order valence-corrected chi connectivity index (χ2v) is 8.35. The van der Waals surface area contributed by atoms with Crippen LogP contribution in [0.15, 0.2) is 34.3 Å². The van der Waals surface area contributed by atoms with Gasteiger partial charge in [-0.15, -0.1) is 0 Å². The summed E-state index contributed by atoms with van der Waals surface area (Å²) in [6, 6.07) is 5.99. The largest absolute Gasteiger partial charge is 0.497 e. The summed E-state index contributed by atoms with van der Waals surface area (Å²) in [6.07, 6.45) is 1.11. The van der Waals surface area contributed by atoms with E-state index in [2.05, 4.69) is 9.93 Å². The van der Waals surface area contributed by atoms with E-state index in [4.69, 9.17) is 9.47 Å². The third kappa shape index (κ3) is 5.35. The van der Waals surface area contributed by atoms with Crippen LogP contribution in [0, 0.1) is 5.92 Å². The highest BCUT2D eigenvalue weighted by atomic mass is 32.2. The molecule has 1 saturated heterocycles. The molecular weight excluding hydrogens is 346 g/mol. The van der Waals surface area contributed by atoms with Gasteiger partial charge >= 0.3 is 6.09 Å². The molecule has 0 unspecified atom stereocenters. The average molecular weight is 369 g/mol. The summed E-state index contributed by atoms with van der Waals surface area (Å²) in [7, 11) is -2.22. The number of carbonyl (C=O) groups excluding carboxylic acids is 1. The second-order valence-electron chi connectivity index (χ2n) is 6.69. The van der Waals surface area contributed by atoms with Gasteiger partial charge in [-0.3, -0.25) is 0 Å². The molecule has 0 spiro atoms. The number of nitrogens with zero attached hydrogens (tertiary/aromatic N) is 2. The van der Waals surface area contributed by atoms with E-state index in [1.165, 1.54) is 25.5 Å². The standard InChI is InChI=1S/C16H23N3O5S/c1-16(2,3)24-15(20)19-10-12(11-19)9-17-18-25(21,22)14-7-5-13(23-4)6-8-14/h5-9,12,18H,10-11H2,1-4H3/b17-9+. The van der Waals surface area contributed by atoms with Crippen molar-refractivity contribution in [2.24, 2.45) is 11.0 Å². The Morgan fingerprint density at radius 2 is 1.88 bits per heavy atom. The van der Waals surface area contributed by atoms with Gasteiger partial charge < -0.3 is 14.4 Å². The van der Waals surface area contributed by atoms with Gasteiger partial charge in [0.05, 0.1) is 12.0 Å². The number of hydrogen-bond donors (Lipinski definition) is 1. The van der Waals surface area contributed by atoms with E-state index < -0.39 is 15.6 Å². The zero-order chi connectivity index (χ0) is 18.7. The van der Waals surface area contributed by atoms with Gasteiger partial charge in [0.25, 0.3) is 10.0 Å². The van der Waals surface area contributed by atoms with Crippen molar-refractivity contribution >= 4 is 22.3 Å². The van der Waals surface area contributed by atoms with Crippen molar-refractivity contribution in [1.82, 2.24) is 9.73 Å². The monoisotopic (exact) mass is 369 g/mol. The second kappa shape index (κ2) is 7.30. The molecule has 1 aromatic carbocycles. The summed E-state index contributed by atoms with van der Waals surface area (Å²) >= 11 is 0. The van der Waals surface area contributed by atoms with Crippen LogP contribution in [-0.4, -0.2) is 51.4 Å². The molecule has 1 aliphatic rings. The van der Waals surface area contributed by atoms with Gasteiger partial charge in [-0.25, -0.2) is 9.63 Å². The van der Waals surface area contributed by atoms with Crippen molar-refractivity contribution < 1.29 is 22.7 Å². The number of hydrogen-bond acceptors (Lipinski definition) is 6. The van der Waals surface area contributed by atoms with Crippen LogP contribution in [0.2, 0.25) is 0 Å². The van der Waals surface area contributed by atoms with Gasteiger partial charge in [-0.1, -0.05) is 0 Å². The maximum atomic E-state index is 12.1. The molecule has 1 aliphatic heterocycles. The number of methoxy groups -OCH3 is 1. The Hall–Kier alpha value is -2.29. The minimum Gasteiger partial charge on any atom is -0.497 e. The lowest BCUT2D eigenvalue weighted by molar-refractivity contribution is 0.00734. The number of sulfonamides is 1. The topological polar surface area (TPSA) is 97.3 Å². The maximum absolute atomic E-state index is 12.1. The fraction of sp³-hybridized carbons (Fsp3) is 0.500. The minimum absolute atomic E-state index is 0.00825. The summed E-state index contributed by atoms with van der Waals surface area (Å²) in [4.78, 5) is 15.6.